The lowest BCUT2D eigenvalue weighted by Crippen LogP contribution is -2.33. The number of nitrogens with zero attached hydrogens (tertiary/aromatic N) is 2. The summed E-state index contributed by atoms with van der Waals surface area (Å²) in [7, 11) is -2.90. The molecule has 23 heavy (non-hydrogen) atoms. The Hall–Kier alpha value is -1.09. The lowest BCUT2D eigenvalue weighted by atomic mass is 10.1. The molecule has 1 aromatic rings. The van der Waals surface area contributed by atoms with Gasteiger partial charge in [-0.15, -0.1) is 10.2 Å². The fraction of sp³-hybridized carbons (Fsp3) is 0.786. The summed E-state index contributed by atoms with van der Waals surface area (Å²) in [5.41, 5.74) is 0. The van der Waals surface area contributed by atoms with Crippen molar-refractivity contribution in [1.82, 2.24) is 15.5 Å². The highest BCUT2D eigenvalue weighted by Gasteiger charge is 2.29. The number of sulfone groups is 1. The average Bonchev–Trinajstić information content (AvgIpc) is 3.02. The quantitative estimate of drug-likeness (QED) is 0.730. The molecule has 1 amide bonds. The van der Waals surface area contributed by atoms with Gasteiger partial charge in [0, 0.05) is 13.0 Å². The van der Waals surface area contributed by atoms with Gasteiger partial charge in [-0.3, -0.25) is 4.79 Å². The first kappa shape index (κ1) is 18.3. The summed E-state index contributed by atoms with van der Waals surface area (Å²) >= 11 is 1.21. The molecular weight excluding hydrogens is 338 g/mol. The smallest absolute Gasteiger partial charge is 0.277 e. The fourth-order valence-corrected chi connectivity index (χ4v) is 4.89. The van der Waals surface area contributed by atoms with Crippen LogP contribution in [0.2, 0.25) is 0 Å². The number of aromatic nitrogens is 2. The van der Waals surface area contributed by atoms with E-state index in [1.807, 2.05) is 13.8 Å². The van der Waals surface area contributed by atoms with Crippen LogP contribution in [0.1, 0.15) is 33.1 Å². The van der Waals surface area contributed by atoms with E-state index < -0.39 is 9.84 Å². The van der Waals surface area contributed by atoms with Gasteiger partial charge in [0.05, 0.1) is 16.8 Å². The maximum Gasteiger partial charge on any atom is 0.277 e. The molecule has 0 bridgehead atoms. The van der Waals surface area contributed by atoms with Gasteiger partial charge < -0.3 is 9.73 Å². The van der Waals surface area contributed by atoms with Crippen LogP contribution in [0.4, 0.5) is 0 Å². The average molecular weight is 361 g/mol. The van der Waals surface area contributed by atoms with E-state index in [4.69, 9.17) is 4.42 Å². The van der Waals surface area contributed by atoms with Crippen LogP contribution in [0.3, 0.4) is 0 Å². The lowest BCUT2D eigenvalue weighted by molar-refractivity contribution is -0.120. The molecule has 2 atom stereocenters. The van der Waals surface area contributed by atoms with Gasteiger partial charge in [0.1, 0.15) is 0 Å². The molecule has 1 saturated heterocycles. The third kappa shape index (κ3) is 5.80. The Bertz CT molecular complexity index is 642. The summed E-state index contributed by atoms with van der Waals surface area (Å²) in [6.45, 7) is 6.49. The SMILES string of the molecule is CC(C)CNC(=O)[C@H](C)Sc1nnc(C[C@H]2CCS(=O)(=O)C2)o1. The van der Waals surface area contributed by atoms with Gasteiger partial charge in [0.15, 0.2) is 9.84 Å². The minimum absolute atomic E-state index is 0.0464. The molecule has 1 aromatic heterocycles. The normalized spacial score (nSPS) is 21.5. The highest BCUT2D eigenvalue weighted by atomic mass is 32.2. The Morgan fingerprint density at radius 2 is 2.13 bits per heavy atom. The Balaban J connectivity index is 1.83. The number of hydrogen-bond donors (Lipinski definition) is 1. The van der Waals surface area contributed by atoms with Crippen LogP contribution in [0, 0.1) is 11.8 Å². The van der Waals surface area contributed by atoms with E-state index in [1.165, 1.54) is 11.8 Å². The third-order valence-corrected chi connectivity index (χ3v) is 6.34. The highest BCUT2D eigenvalue weighted by molar-refractivity contribution is 8.00. The summed E-state index contributed by atoms with van der Waals surface area (Å²) in [5, 5.41) is 10.8. The zero-order chi connectivity index (χ0) is 17.0. The topological polar surface area (TPSA) is 102 Å². The van der Waals surface area contributed by atoms with Crippen LogP contribution < -0.4 is 5.32 Å². The number of rotatable bonds is 7. The number of hydrogen-bond acceptors (Lipinski definition) is 7. The van der Waals surface area contributed by atoms with Gasteiger partial charge in [0.25, 0.3) is 5.22 Å². The Kier molecular flexibility index (Phi) is 6.07. The molecule has 2 heterocycles. The van der Waals surface area contributed by atoms with Crippen LogP contribution in [-0.4, -0.2) is 47.8 Å². The van der Waals surface area contributed by atoms with Gasteiger partial charge in [-0.05, 0) is 25.2 Å². The molecule has 2 rings (SSSR count). The van der Waals surface area contributed by atoms with Gasteiger partial charge >= 0.3 is 0 Å². The summed E-state index contributed by atoms with van der Waals surface area (Å²) in [4.78, 5) is 11.9. The molecule has 1 aliphatic rings. The second kappa shape index (κ2) is 7.65. The number of amides is 1. The fourth-order valence-electron chi connectivity index (χ4n) is 2.30. The summed E-state index contributed by atoms with van der Waals surface area (Å²) in [5.74, 6) is 1.24. The van der Waals surface area contributed by atoms with Gasteiger partial charge in [-0.1, -0.05) is 25.6 Å². The van der Waals surface area contributed by atoms with Gasteiger partial charge in [0.2, 0.25) is 11.8 Å². The molecule has 9 heteroatoms. The standard InChI is InChI=1S/C14H23N3O4S2/c1-9(2)7-15-13(18)10(3)22-14-17-16-12(21-14)6-11-4-5-23(19,20)8-11/h9-11H,4-8H2,1-3H3,(H,15,18)/t10-,11+/m0/s1. The molecule has 1 fully saturated rings. The maximum absolute atomic E-state index is 11.9. The first-order valence-electron chi connectivity index (χ1n) is 7.72. The van der Waals surface area contributed by atoms with Crippen LogP contribution in [0.5, 0.6) is 0 Å². The summed E-state index contributed by atoms with van der Waals surface area (Å²) < 4.78 is 28.4. The zero-order valence-corrected chi connectivity index (χ0v) is 15.2. The molecule has 1 aliphatic heterocycles. The highest BCUT2D eigenvalue weighted by Crippen LogP contribution is 2.25. The van der Waals surface area contributed by atoms with Crippen molar-refractivity contribution in [3.63, 3.8) is 0 Å². The van der Waals surface area contributed by atoms with Crippen LogP contribution in [0.15, 0.2) is 9.64 Å². The molecule has 0 saturated carbocycles. The monoisotopic (exact) mass is 361 g/mol. The first-order valence-corrected chi connectivity index (χ1v) is 10.4. The molecule has 0 aromatic carbocycles. The number of nitrogens with one attached hydrogen (secondary N) is 1. The van der Waals surface area contributed by atoms with Gasteiger partial charge in [-0.2, -0.15) is 0 Å². The van der Waals surface area contributed by atoms with Crippen LogP contribution in [0.25, 0.3) is 0 Å². The van der Waals surface area contributed by atoms with E-state index in [0.717, 1.165) is 0 Å². The number of carbonyl (C=O) groups excluding carboxylic acids is 1. The first-order chi connectivity index (χ1) is 10.7. The molecule has 0 aliphatic carbocycles. The lowest BCUT2D eigenvalue weighted by Gasteiger charge is -2.11. The minimum atomic E-state index is -2.90. The van der Waals surface area contributed by atoms with E-state index in [0.29, 0.717) is 36.4 Å². The van der Waals surface area contributed by atoms with E-state index in [-0.39, 0.29) is 28.6 Å². The molecule has 1 N–H and O–H groups in total. The maximum atomic E-state index is 11.9. The van der Waals surface area contributed by atoms with E-state index in [1.54, 1.807) is 6.92 Å². The van der Waals surface area contributed by atoms with Crippen molar-refractivity contribution in [1.29, 1.82) is 0 Å². The van der Waals surface area contributed by atoms with Crippen molar-refractivity contribution < 1.29 is 17.6 Å². The zero-order valence-electron chi connectivity index (χ0n) is 13.6. The van der Waals surface area contributed by atoms with Crippen molar-refractivity contribution >= 4 is 27.5 Å². The molecule has 0 spiro atoms. The van der Waals surface area contributed by atoms with Crippen LogP contribution >= 0.6 is 11.8 Å². The second-order valence-corrected chi connectivity index (χ2v) is 9.85. The second-order valence-electron chi connectivity index (χ2n) is 6.33. The predicted molar refractivity (Wildman–Crippen MR) is 87.9 cm³/mol. The molecule has 0 radical (unpaired) electrons. The number of thioether (sulfide) groups is 1. The summed E-state index contributed by atoms with van der Waals surface area (Å²) in [6, 6.07) is 0. The predicted octanol–water partition coefficient (Wildman–Crippen LogP) is 1.30. The third-order valence-electron chi connectivity index (χ3n) is 3.57. The largest absolute Gasteiger partial charge is 0.416 e. The molecule has 130 valence electrons. The summed E-state index contributed by atoms with van der Waals surface area (Å²) in [6.07, 6.45) is 1.11. The van der Waals surface area contributed by atoms with Crippen molar-refractivity contribution in [2.24, 2.45) is 11.8 Å². The Morgan fingerprint density at radius 1 is 1.39 bits per heavy atom. The van der Waals surface area contributed by atoms with Crippen molar-refractivity contribution in [2.75, 3.05) is 18.1 Å². The van der Waals surface area contributed by atoms with Crippen LogP contribution in [-0.2, 0) is 21.1 Å². The van der Waals surface area contributed by atoms with E-state index in [2.05, 4.69) is 15.5 Å². The Labute approximate surface area is 140 Å². The van der Waals surface area contributed by atoms with Gasteiger partial charge in [-0.25, -0.2) is 8.42 Å². The number of carbonyl (C=O) groups is 1. The Morgan fingerprint density at radius 3 is 2.74 bits per heavy atom. The van der Waals surface area contributed by atoms with E-state index in [9.17, 15) is 13.2 Å². The van der Waals surface area contributed by atoms with Crippen molar-refractivity contribution in [2.45, 2.75) is 44.1 Å². The van der Waals surface area contributed by atoms with E-state index >= 15 is 0 Å². The minimum Gasteiger partial charge on any atom is -0.416 e. The van der Waals surface area contributed by atoms with Crippen molar-refractivity contribution in [3.05, 3.63) is 5.89 Å². The molecule has 0 unspecified atom stereocenters. The molecular formula is C14H23N3O4S2. The molecule has 7 nitrogen and oxygen atoms in total. The van der Waals surface area contributed by atoms with Crippen molar-refractivity contribution in [3.8, 4) is 0 Å².